The molecule has 0 saturated heterocycles. The van der Waals surface area contributed by atoms with Crippen LogP contribution in [0.1, 0.15) is 48.1 Å². The highest BCUT2D eigenvalue weighted by atomic mass is 35.5. The van der Waals surface area contributed by atoms with Crippen LogP contribution >= 0.6 is 11.6 Å². The summed E-state index contributed by atoms with van der Waals surface area (Å²) in [5, 5.41) is 23.1. The first-order chi connectivity index (χ1) is 15.7. The summed E-state index contributed by atoms with van der Waals surface area (Å²) in [6.45, 7) is 3.89. The Kier molecular flexibility index (Phi) is 7.82. The lowest BCUT2D eigenvalue weighted by Gasteiger charge is -2.31. The first-order valence-corrected chi connectivity index (χ1v) is 10.9. The van der Waals surface area contributed by atoms with Crippen molar-refractivity contribution < 1.29 is 8.78 Å². The molecule has 0 aliphatic rings. The van der Waals surface area contributed by atoms with Gasteiger partial charge in [0.2, 0.25) is 0 Å². The van der Waals surface area contributed by atoms with Gasteiger partial charge in [0, 0.05) is 23.6 Å². The number of nitrogens with zero attached hydrogens (tertiary/aromatic N) is 2. The van der Waals surface area contributed by atoms with Gasteiger partial charge in [-0.1, -0.05) is 35.9 Å². The van der Waals surface area contributed by atoms with E-state index in [1.165, 1.54) is 12.1 Å². The van der Waals surface area contributed by atoms with Crippen LogP contribution in [0, 0.1) is 39.7 Å². The minimum Gasteiger partial charge on any atom is -0.308 e. The maximum Gasteiger partial charge on any atom is 0.126 e. The number of nitrogens with one attached hydrogen (secondary N) is 1. The maximum atomic E-state index is 14.0. The van der Waals surface area contributed by atoms with Gasteiger partial charge in [0.15, 0.2) is 0 Å². The third-order valence-corrected chi connectivity index (χ3v) is 5.93. The number of benzene rings is 3. The second-order valence-electron chi connectivity index (χ2n) is 8.64. The first-order valence-electron chi connectivity index (χ1n) is 10.6. The summed E-state index contributed by atoms with van der Waals surface area (Å²) in [5.41, 5.74) is 2.00. The lowest BCUT2D eigenvalue weighted by Crippen LogP contribution is -2.36. The molecule has 3 aromatic rings. The Balaban J connectivity index is 1.94. The zero-order valence-corrected chi connectivity index (χ0v) is 19.2. The van der Waals surface area contributed by atoms with E-state index in [4.69, 9.17) is 11.6 Å². The molecule has 0 aliphatic carbocycles. The molecular weight excluding hydrogens is 440 g/mol. The van der Waals surface area contributed by atoms with Crippen molar-refractivity contribution in [3.05, 3.63) is 106 Å². The molecule has 0 aliphatic heterocycles. The number of nitriles is 2. The molecule has 3 aromatic carbocycles. The van der Waals surface area contributed by atoms with Gasteiger partial charge in [-0.05, 0) is 73.4 Å². The fourth-order valence-corrected chi connectivity index (χ4v) is 4.06. The average molecular weight is 464 g/mol. The number of hydrogen-bond acceptors (Lipinski definition) is 3. The molecule has 0 aromatic heterocycles. The van der Waals surface area contributed by atoms with E-state index >= 15 is 0 Å². The minimum atomic E-state index is -0.931. The van der Waals surface area contributed by atoms with Crippen molar-refractivity contribution >= 4 is 11.6 Å². The van der Waals surface area contributed by atoms with Gasteiger partial charge >= 0.3 is 0 Å². The van der Waals surface area contributed by atoms with Crippen molar-refractivity contribution in [2.24, 2.45) is 5.41 Å². The molecule has 0 amide bonds. The zero-order valence-electron chi connectivity index (χ0n) is 18.4. The van der Waals surface area contributed by atoms with Crippen molar-refractivity contribution in [1.29, 1.82) is 10.5 Å². The highest BCUT2D eigenvalue weighted by molar-refractivity contribution is 6.30. The molecule has 0 bridgehead atoms. The van der Waals surface area contributed by atoms with Gasteiger partial charge in [-0.15, -0.1) is 0 Å². The van der Waals surface area contributed by atoms with E-state index in [2.05, 4.69) is 17.5 Å². The van der Waals surface area contributed by atoms with E-state index < -0.39 is 23.1 Å². The summed E-state index contributed by atoms with van der Waals surface area (Å²) in [6, 6.07) is 22.0. The molecule has 6 heteroatoms. The molecule has 1 N–H and O–H groups in total. The van der Waals surface area contributed by atoms with Crippen LogP contribution in [0.15, 0.2) is 66.7 Å². The van der Waals surface area contributed by atoms with Crippen LogP contribution in [0.5, 0.6) is 0 Å². The van der Waals surface area contributed by atoms with E-state index in [9.17, 15) is 19.3 Å². The fraction of sp³-hybridized carbons (Fsp3) is 0.259. The molecule has 0 heterocycles. The Hall–Kier alpha value is -3.25. The predicted octanol–water partition coefficient (Wildman–Crippen LogP) is 6.70. The van der Waals surface area contributed by atoms with Gasteiger partial charge in [-0.3, -0.25) is 0 Å². The lowest BCUT2D eigenvalue weighted by molar-refractivity contribution is 0.315. The van der Waals surface area contributed by atoms with Gasteiger partial charge in [-0.2, -0.15) is 10.5 Å². The second-order valence-corrected chi connectivity index (χ2v) is 9.08. The Labute approximate surface area is 198 Å². The van der Waals surface area contributed by atoms with Gasteiger partial charge in [0.1, 0.15) is 11.6 Å². The van der Waals surface area contributed by atoms with Crippen molar-refractivity contribution in [2.75, 3.05) is 6.54 Å². The molecular formula is C27H24ClF2N3. The van der Waals surface area contributed by atoms with Crippen LogP contribution in [0.3, 0.4) is 0 Å². The van der Waals surface area contributed by atoms with Crippen molar-refractivity contribution in [2.45, 2.75) is 32.2 Å². The van der Waals surface area contributed by atoms with Gasteiger partial charge in [0.25, 0.3) is 0 Å². The van der Waals surface area contributed by atoms with E-state index in [1.54, 1.807) is 19.9 Å². The van der Waals surface area contributed by atoms with Crippen LogP contribution in [0.25, 0.3) is 0 Å². The molecule has 2 unspecified atom stereocenters. The van der Waals surface area contributed by atoms with E-state index in [0.717, 1.165) is 17.2 Å². The topological polar surface area (TPSA) is 59.6 Å². The van der Waals surface area contributed by atoms with E-state index in [-0.39, 0.29) is 5.92 Å². The van der Waals surface area contributed by atoms with Crippen LogP contribution in [0.4, 0.5) is 8.78 Å². The molecule has 0 fully saturated rings. The standard InChI is InChI=1S/C27H24ClF2N3/c1-27(2,17-32)26(21-12-24(29)14-25(30)13-21)33-16-22(10-18-6-8-23(28)9-7-18)20-5-3-4-19(11-20)15-31/h3-9,11-14,22,26,33H,10,16H2,1-2H3. The van der Waals surface area contributed by atoms with Crippen molar-refractivity contribution in [3.63, 3.8) is 0 Å². The monoisotopic (exact) mass is 463 g/mol. The largest absolute Gasteiger partial charge is 0.308 e. The summed E-state index contributed by atoms with van der Waals surface area (Å²) in [5.74, 6) is -1.44. The third-order valence-electron chi connectivity index (χ3n) is 5.68. The second kappa shape index (κ2) is 10.6. The van der Waals surface area contributed by atoms with E-state index in [0.29, 0.717) is 29.1 Å². The summed E-state index contributed by atoms with van der Waals surface area (Å²) < 4.78 is 27.9. The fourth-order valence-electron chi connectivity index (χ4n) is 3.93. The maximum absolute atomic E-state index is 14.0. The molecule has 168 valence electrons. The average Bonchev–Trinajstić information content (AvgIpc) is 2.79. The summed E-state index contributed by atoms with van der Waals surface area (Å²) in [7, 11) is 0. The molecule has 3 rings (SSSR count). The van der Waals surface area contributed by atoms with Crippen LogP contribution in [-0.2, 0) is 6.42 Å². The molecule has 0 radical (unpaired) electrons. The molecule has 0 spiro atoms. The van der Waals surface area contributed by atoms with Gasteiger partial charge in [-0.25, -0.2) is 8.78 Å². The minimum absolute atomic E-state index is 0.0603. The zero-order chi connectivity index (χ0) is 24.0. The molecule has 2 atom stereocenters. The Morgan fingerprint density at radius 3 is 2.21 bits per heavy atom. The Bertz CT molecular complexity index is 1170. The molecule has 3 nitrogen and oxygen atoms in total. The van der Waals surface area contributed by atoms with Crippen LogP contribution < -0.4 is 5.32 Å². The normalized spacial score (nSPS) is 13.1. The van der Waals surface area contributed by atoms with Crippen LogP contribution in [-0.4, -0.2) is 6.54 Å². The summed E-state index contributed by atoms with van der Waals surface area (Å²) >= 11 is 6.03. The molecule has 0 saturated carbocycles. The third kappa shape index (κ3) is 6.39. The number of halogens is 3. The van der Waals surface area contributed by atoms with Crippen molar-refractivity contribution in [1.82, 2.24) is 5.32 Å². The smallest absolute Gasteiger partial charge is 0.126 e. The number of hydrogen-bond donors (Lipinski definition) is 1. The van der Waals surface area contributed by atoms with Gasteiger partial charge in [0.05, 0.1) is 29.2 Å². The summed E-state index contributed by atoms with van der Waals surface area (Å²) in [4.78, 5) is 0. The Morgan fingerprint density at radius 2 is 1.61 bits per heavy atom. The highest BCUT2D eigenvalue weighted by Crippen LogP contribution is 2.34. The predicted molar refractivity (Wildman–Crippen MR) is 126 cm³/mol. The lowest BCUT2D eigenvalue weighted by atomic mass is 9.81. The summed E-state index contributed by atoms with van der Waals surface area (Å²) in [6.07, 6.45) is 0.649. The van der Waals surface area contributed by atoms with Crippen molar-refractivity contribution in [3.8, 4) is 12.1 Å². The van der Waals surface area contributed by atoms with Gasteiger partial charge < -0.3 is 5.32 Å². The van der Waals surface area contributed by atoms with Crippen LogP contribution in [0.2, 0.25) is 5.02 Å². The highest BCUT2D eigenvalue weighted by Gasteiger charge is 2.32. The van der Waals surface area contributed by atoms with E-state index in [1.807, 2.05) is 42.5 Å². The molecule has 33 heavy (non-hydrogen) atoms. The Morgan fingerprint density at radius 1 is 0.939 bits per heavy atom. The SMILES string of the molecule is CC(C)(C#N)C(NCC(Cc1ccc(Cl)cc1)c1cccc(C#N)c1)c1cc(F)cc(F)c1. The quantitative estimate of drug-likeness (QED) is 0.404. The first kappa shape index (κ1) is 24.4. The number of rotatable bonds is 8.